The van der Waals surface area contributed by atoms with E-state index in [2.05, 4.69) is 20.5 Å². The average Bonchev–Trinajstić information content (AvgIpc) is 3.23. The van der Waals surface area contributed by atoms with Gasteiger partial charge in [0, 0.05) is 23.6 Å². The van der Waals surface area contributed by atoms with Crippen molar-refractivity contribution in [3.8, 4) is 17.1 Å². The van der Waals surface area contributed by atoms with Crippen molar-refractivity contribution in [3.63, 3.8) is 0 Å². The van der Waals surface area contributed by atoms with Gasteiger partial charge in [-0.05, 0) is 48.9 Å². The normalized spacial score (nSPS) is 11.8. The van der Waals surface area contributed by atoms with Crippen LogP contribution in [0.3, 0.4) is 0 Å². The minimum Gasteiger partial charge on any atom is -0.349 e. The van der Waals surface area contributed by atoms with E-state index in [0.717, 1.165) is 16.8 Å². The molecule has 0 saturated carbocycles. The largest absolute Gasteiger partial charge is 0.349 e. The smallest absolute Gasteiger partial charge is 0.230 e. The predicted octanol–water partition coefficient (Wildman–Crippen LogP) is 4.44. The Morgan fingerprint density at radius 2 is 1.84 bits per heavy atom. The predicted molar refractivity (Wildman–Crippen MR) is 118 cm³/mol. The Morgan fingerprint density at radius 3 is 2.55 bits per heavy atom. The lowest BCUT2D eigenvalue weighted by molar-refractivity contribution is -0.119. The molecule has 0 saturated heterocycles. The number of hydrogen-bond donors (Lipinski definition) is 1. The van der Waals surface area contributed by atoms with Crippen LogP contribution in [0.2, 0.25) is 0 Å². The summed E-state index contributed by atoms with van der Waals surface area (Å²) in [6, 6.07) is 19.4. The molecule has 4 rings (SSSR count). The van der Waals surface area contributed by atoms with Crippen LogP contribution < -0.4 is 5.32 Å². The Labute approximate surface area is 183 Å². The van der Waals surface area contributed by atoms with Gasteiger partial charge in [-0.1, -0.05) is 42.1 Å². The van der Waals surface area contributed by atoms with Crippen molar-refractivity contribution < 1.29 is 9.18 Å². The van der Waals surface area contributed by atoms with Crippen molar-refractivity contribution >= 4 is 17.7 Å². The molecule has 1 N–H and O–H groups in total. The van der Waals surface area contributed by atoms with Gasteiger partial charge in [0.25, 0.3) is 0 Å². The van der Waals surface area contributed by atoms with E-state index in [1.165, 1.54) is 23.9 Å². The van der Waals surface area contributed by atoms with Crippen LogP contribution in [0.1, 0.15) is 18.5 Å². The van der Waals surface area contributed by atoms with Crippen molar-refractivity contribution in [2.75, 3.05) is 5.75 Å². The third kappa shape index (κ3) is 4.97. The number of para-hydroxylation sites is 1. The molecule has 0 aliphatic carbocycles. The highest BCUT2D eigenvalue weighted by Crippen LogP contribution is 2.27. The fraction of sp³-hybridized carbons (Fsp3) is 0.130. The van der Waals surface area contributed by atoms with Crippen LogP contribution in [0.5, 0.6) is 0 Å². The zero-order chi connectivity index (χ0) is 21.6. The molecule has 0 aliphatic heterocycles. The summed E-state index contributed by atoms with van der Waals surface area (Å²) in [4.78, 5) is 16.7. The van der Waals surface area contributed by atoms with Gasteiger partial charge in [-0.2, -0.15) is 0 Å². The maximum Gasteiger partial charge on any atom is 0.230 e. The molecule has 0 spiro atoms. The molecule has 0 bridgehead atoms. The Morgan fingerprint density at radius 1 is 1.06 bits per heavy atom. The van der Waals surface area contributed by atoms with E-state index in [9.17, 15) is 9.18 Å². The second-order valence-corrected chi connectivity index (χ2v) is 7.79. The van der Waals surface area contributed by atoms with E-state index in [1.54, 1.807) is 24.5 Å². The van der Waals surface area contributed by atoms with Crippen molar-refractivity contribution in [2.45, 2.75) is 18.1 Å². The number of carbonyl (C=O) groups is 1. The fourth-order valence-corrected chi connectivity index (χ4v) is 3.87. The summed E-state index contributed by atoms with van der Waals surface area (Å²) in [6.07, 6.45) is 3.43. The third-order valence-corrected chi connectivity index (χ3v) is 5.58. The number of nitrogens with zero attached hydrogens (tertiary/aromatic N) is 4. The highest BCUT2D eigenvalue weighted by atomic mass is 32.2. The van der Waals surface area contributed by atoms with Crippen LogP contribution in [0.4, 0.5) is 4.39 Å². The Bertz CT molecular complexity index is 1150. The van der Waals surface area contributed by atoms with Gasteiger partial charge in [0.2, 0.25) is 5.91 Å². The van der Waals surface area contributed by atoms with Crippen molar-refractivity contribution in [3.05, 3.63) is 90.5 Å². The SMILES string of the molecule is CC(NC(=O)CSc1nnc(-c2cccnc2)n1-c1ccccc1)c1ccc(F)cc1. The van der Waals surface area contributed by atoms with Gasteiger partial charge in [0.15, 0.2) is 11.0 Å². The lowest BCUT2D eigenvalue weighted by Crippen LogP contribution is -2.28. The zero-order valence-corrected chi connectivity index (χ0v) is 17.6. The van der Waals surface area contributed by atoms with Crippen molar-refractivity contribution in [2.24, 2.45) is 0 Å². The molecule has 0 radical (unpaired) electrons. The number of thioether (sulfide) groups is 1. The number of carbonyl (C=O) groups excluding carboxylic acids is 1. The Hall–Kier alpha value is -3.52. The summed E-state index contributed by atoms with van der Waals surface area (Å²) in [7, 11) is 0. The summed E-state index contributed by atoms with van der Waals surface area (Å²) in [5, 5.41) is 12.2. The van der Waals surface area contributed by atoms with Crippen LogP contribution in [0.25, 0.3) is 17.1 Å². The molecule has 2 heterocycles. The van der Waals surface area contributed by atoms with Crippen molar-refractivity contribution in [1.29, 1.82) is 0 Å². The summed E-state index contributed by atoms with van der Waals surface area (Å²) in [5.41, 5.74) is 2.57. The molecule has 0 aliphatic rings. The summed E-state index contributed by atoms with van der Waals surface area (Å²) >= 11 is 1.30. The van der Waals surface area contributed by atoms with Gasteiger partial charge in [0.05, 0.1) is 11.8 Å². The Kier molecular flexibility index (Phi) is 6.37. The van der Waals surface area contributed by atoms with Crippen LogP contribution in [-0.2, 0) is 4.79 Å². The van der Waals surface area contributed by atoms with E-state index in [0.29, 0.717) is 11.0 Å². The molecule has 31 heavy (non-hydrogen) atoms. The van der Waals surface area contributed by atoms with E-state index < -0.39 is 0 Å². The first-order valence-electron chi connectivity index (χ1n) is 9.70. The second kappa shape index (κ2) is 9.53. The first-order valence-corrected chi connectivity index (χ1v) is 10.7. The molecule has 156 valence electrons. The minimum atomic E-state index is -0.303. The van der Waals surface area contributed by atoms with E-state index >= 15 is 0 Å². The highest BCUT2D eigenvalue weighted by Gasteiger charge is 2.18. The fourth-order valence-electron chi connectivity index (χ4n) is 3.10. The van der Waals surface area contributed by atoms with Crippen molar-refractivity contribution in [1.82, 2.24) is 25.1 Å². The average molecular weight is 434 g/mol. The van der Waals surface area contributed by atoms with Crippen LogP contribution in [-0.4, -0.2) is 31.4 Å². The number of hydrogen-bond acceptors (Lipinski definition) is 5. The molecule has 1 atom stereocenters. The van der Waals surface area contributed by atoms with Gasteiger partial charge < -0.3 is 5.32 Å². The molecular formula is C23H20FN5OS. The maximum atomic E-state index is 13.1. The molecule has 4 aromatic rings. The molecule has 2 aromatic heterocycles. The number of rotatable bonds is 7. The van der Waals surface area contributed by atoms with Crippen LogP contribution in [0, 0.1) is 5.82 Å². The maximum absolute atomic E-state index is 13.1. The quantitative estimate of drug-likeness (QED) is 0.436. The van der Waals surface area contributed by atoms with Gasteiger partial charge in [-0.3, -0.25) is 14.3 Å². The summed E-state index contributed by atoms with van der Waals surface area (Å²) < 4.78 is 15.0. The van der Waals surface area contributed by atoms with E-state index in [1.807, 2.05) is 54.0 Å². The number of halogens is 1. The van der Waals surface area contributed by atoms with Crippen LogP contribution in [0.15, 0.2) is 84.3 Å². The topological polar surface area (TPSA) is 72.7 Å². The zero-order valence-electron chi connectivity index (χ0n) is 16.8. The molecule has 1 unspecified atom stereocenters. The van der Waals surface area contributed by atoms with Crippen LogP contribution >= 0.6 is 11.8 Å². The van der Waals surface area contributed by atoms with E-state index in [-0.39, 0.29) is 23.5 Å². The first-order chi connectivity index (χ1) is 15.1. The monoisotopic (exact) mass is 433 g/mol. The number of pyridine rings is 1. The summed E-state index contributed by atoms with van der Waals surface area (Å²) in [5.74, 6) is 0.376. The van der Waals surface area contributed by atoms with Gasteiger partial charge in [-0.15, -0.1) is 10.2 Å². The number of nitrogens with one attached hydrogen (secondary N) is 1. The number of benzene rings is 2. The lowest BCUT2D eigenvalue weighted by atomic mass is 10.1. The van der Waals surface area contributed by atoms with Gasteiger partial charge in [0.1, 0.15) is 5.82 Å². The first kappa shape index (κ1) is 20.7. The third-order valence-electron chi connectivity index (χ3n) is 4.65. The highest BCUT2D eigenvalue weighted by molar-refractivity contribution is 7.99. The van der Waals surface area contributed by atoms with Gasteiger partial charge >= 0.3 is 0 Å². The molecule has 0 fully saturated rings. The summed E-state index contributed by atoms with van der Waals surface area (Å²) in [6.45, 7) is 1.86. The van der Waals surface area contributed by atoms with Gasteiger partial charge in [-0.25, -0.2) is 4.39 Å². The molecule has 1 amide bonds. The standard InChI is InChI=1S/C23H20FN5OS/c1-16(17-9-11-19(24)12-10-17)26-21(30)15-31-23-28-27-22(18-6-5-13-25-14-18)29(23)20-7-3-2-4-8-20/h2-14,16H,15H2,1H3,(H,26,30). The number of amides is 1. The molecular weight excluding hydrogens is 413 g/mol. The second-order valence-electron chi connectivity index (χ2n) is 6.85. The minimum absolute atomic E-state index is 0.146. The Balaban J connectivity index is 1.51. The lowest BCUT2D eigenvalue weighted by Gasteiger charge is -2.14. The van der Waals surface area contributed by atoms with E-state index in [4.69, 9.17) is 0 Å². The molecule has 6 nitrogen and oxygen atoms in total. The molecule has 8 heteroatoms. The molecule has 2 aromatic carbocycles. The number of aromatic nitrogens is 4.